The second-order valence-electron chi connectivity index (χ2n) is 9.13. The summed E-state index contributed by atoms with van der Waals surface area (Å²) in [6.45, 7) is 6.64. The Bertz CT molecular complexity index is 1250. The quantitative estimate of drug-likeness (QED) is 0.358. The first-order chi connectivity index (χ1) is 17.2. The van der Waals surface area contributed by atoms with Crippen LogP contribution in [0.4, 0.5) is 10.1 Å². The van der Waals surface area contributed by atoms with Crippen LogP contribution in [0.15, 0.2) is 65.0 Å². The van der Waals surface area contributed by atoms with Gasteiger partial charge in [0.05, 0.1) is 37.4 Å². The molecule has 4 N–H and O–H groups in total. The number of methoxy groups -OCH3 is 1. The Balaban J connectivity index is 1.57. The highest BCUT2D eigenvalue weighted by molar-refractivity contribution is 6.02. The average molecular weight is 494 g/mol. The number of hydrogen-bond donors (Lipinski definition) is 3. The summed E-state index contributed by atoms with van der Waals surface area (Å²) in [5.74, 6) is 0.971. The van der Waals surface area contributed by atoms with E-state index in [2.05, 4.69) is 15.3 Å². The molecule has 1 aliphatic rings. The molecule has 0 saturated heterocycles. The van der Waals surface area contributed by atoms with E-state index < -0.39 is 6.23 Å². The zero-order valence-corrected chi connectivity index (χ0v) is 20.9. The number of halogens is 1. The molecule has 3 aromatic rings. The summed E-state index contributed by atoms with van der Waals surface area (Å²) in [6.07, 6.45) is 2.97. The number of anilines is 1. The van der Waals surface area contributed by atoms with Gasteiger partial charge in [-0.05, 0) is 42.7 Å². The number of amidine groups is 1. The van der Waals surface area contributed by atoms with Gasteiger partial charge in [-0.15, -0.1) is 0 Å². The molecule has 9 nitrogen and oxygen atoms in total. The predicted octanol–water partition coefficient (Wildman–Crippen LogP) is 3.48. The van der Waals surface area contributed by atoms with Gasteiger partial charge in [-0.2, -0.15) is 4.99 Å². The highest BCUT2D eigenvalue weighted by Crippen LogP contribution is 2.28. The van der Waals surface area contributed by atoms with Gasteiger partial charge in [0.1, 0.15) is 23.6 Å². The van der Waals surface area contributed by atoms with Crippen molar-refractivity contribution in [1.82, 2.24) is 14.5 Å². The Hall–Kier alpha value is -3.76. The molecular weight excluding hydrogens is 461 g/mol. The van der Waals surface area contributed by atoms with Crippen molar-refractivity contribution in [1.29, 1.82) is 0 Å². The third-order valence-electron chi connectivity index (χ3n) is 5.97. The molecule has 0 aliphatic carbocycles. The largest absolute Gasteiger partial charge is 0.494 e. The van der Waals surface area contributed by atoms with Crippen molar-refractivity contribution in [3.8, 4) is 11.4 Å². The van der Waals surface area contributed by atoms with Gasteiger partial charge in [-0.3, -0.25) is 9.89 Å². The van der Waals surface area contributed by atoms with Crippen molar-refractivity contribution in [3.63, 3.8) is 0 Å². The maximum atomic E-state index is 13.5. The van der Waals surface area contributed by atoms with E-state index in [0.29, 0.717) is 30.4 Å². The second kappa shape index (κ2) is 10.9. The van der Waals surface area contributed by atoms with Crippen LogP contribution in [-0.4, -0.2) is 57.8 Å². The molecule has 0 radical (unpaired) electrons. The second-order valence-corrected chi connectivity index (χ2v) is 9.13. The smallest absolute Gasteiger partial charge is 0.199 e. The molecular formula is C26H32FN7O2. The molecule has 4 rings (SSSR count). The third kappa shape index (κ3) is 5.89. The van der Waals surface area contributed by atoms with Gasteiger partial charge in [0.15, 0.2) is 5.96 Å². The summed E-state index contributed by atoms with van der Waals surface area (Å²) >= 11 is 0. The number of aryl methyl sites for hydroxylation is 1. The minimum absolute atomic E-state index is 0.0166. The van der Waals surface area contributed by atoms with Crippen molar-refractivity contribution in [2.24, 2.45) is 21.6 Å². The number of ether oxygens (including phenoxy) is 1. The number of rotatable bonds is 6. The highest BCUT2D eigenvalue weighted by atomic mass is 19.1. The summed E-state index contributed by atoms with van der Waals surface area (Å²) in [7, 11) is 1.60. The molecule has 1 aliphatic heterocycles. The van der Waals surface area contributed by atoms with Gasteiger partial charge in [-0.1, -0.05) is 26.0 Å². The number of imidazole rings is 1. The minimum Gasteiger partial charge on any atom is -0.494 e. The molecule has 0 bridgehead atoms. The number of aromatic nitrogens is 2. The maximum Gasteiger partial charge on any atom is 0.199 e. The number of aliphatic hydroxyl groups is 1. The van der Waals surface area contributed by atoms with E-state index in [1.54, 1.807) is 25.6 Å². The van der Waals surface area contributed by atoms with Gasteiger partial charge in [-0.25, -0.2) is 9.37 Å². The minimum atomic E-state index is -0.675. The van der Waals surface area contributed by atoms with Crippen LogP contribution in [0.1, 0.15) is 31.1 Å². The van der Waals surface area contributed by atoms with Crippen LogP contribution in [-0.2, 0) is 0 Å². The van der Waals surface area contributed by atoms with E-state index in [-0.39, 0.29) is 23.7 Å². The monoisotopic (exact) mass is 493 g/mol. The predicted molar refractivity (Wildman–Crippen MR) is 139 cm³/mol. The third-order valence-corrected chi connectivity index (χ3v) is 5.97. The van der Waals surface area contributed by atoms with E-state index >= 15 is 0 Å². The lowest BCUT2D eigenvalue weighted by Crippen LogP contribution is -2.46. The van der Waals surface area contributed by atoms with Crippen LogP contribution < -0.4 is 15.8 Å². The van der Waals surface area contributed by atoms with E-state index in [4.69, 9.17) is 15.5 Å². The molecule has 36 heavy (non-hydrogen) atoms. The summed E-state index contributed by atoms with van der Waals surface area (Å²) in [5, 5.41) is 13.8. The summed E-state index contributed by atoms with van der Waals surface area (Å²) in [6, 6.07) is 11.5. The van der Waals surface area contributed by atoms with Crippen LogP contribution in [0.2, 0.25) is 0 Å². The lowest BCUT2D eigenvalue weighted by atomic mass is 10.0. The zero-order valence-electron chi connectivity index (χ0n) is 20.9. The van der Waals surface area contributed by atoms with Crippen molar-refractivity contribution < 1.29 is 14.2 Å². The fourth-order valence-electron chi connectivity index (χ4n) is 4.12. The molecule has 0 fully saturated rings. The number of guanidine groups is 1. The topological polar surface area (TPSA) is 113 Å². The van der Waals surface area contributed by atoms with E-state index in [9.17, 15) is 9.50 Å². The molecule has 0 spiro atoms. The molecule has 190 valence electrons. The first-order valence-electron chi connectivity index (χ1n) is 11.8. The van der Waals surface area contributed by atoms with Gasteiger partial charge >= 0.3 is 0 Å². The van der Waals surface area contributed by atoms with Gasteiger partial charge in [0.25, 0.3) is 0 Å². The van der Waals surface area contributed by atoms with Crippen molar-refractivity contribution >= 4 is 17.5 Å². The normalized spacial score (nSPS) is 17.7. The lowest BCUT2D eigenvalue weighted by Gasteiger charge is -2.35. The first-order valence-corrected chi connectivity index (χ1v) is 11.8. The van der Waals surface area contributed by atoms with Gasteiger partial charge in [0, 0.05) is 24.5 Å². The SMILES string of the molecule is COc1cc(NC(N)=NC2=NC(c3ccc(F)cc3)CN(C(O)C(C)C)C2)ccc1-n1cnc(C)c1. The van der Waals surface area contributed by atoms with Crippen LogP contribution in [0.5, 0.6) is 5.75 Å². The molecule has 2 heterocycles. The van der Waals surface area contributed by atoms with E-state index in [0.717, 1.165) is 16.9 Å². The fraction of sp³-hybridized carbons (Fsp3) is 0.346. The highest BCUT2D eigenvalue weighted by Gasteiger charge is 2.29. The Morgan fingerprint density at radius 2 is 2.00 bits per heavy atom. The number of nitrogens with two attached hydrogens (primary N) is 1. The zero-order chi connectivity index (χ0) is 25.8. The van der Waals surface area contributed by atoms with Crippen molar-refractivity contribution in [2.75, 3.05) is 25.5 Å². The van der Waals surface area contributed by atoms with E-state index in [1.807, 2.05) is 54.6 Å². The number of hydrogen-bond acceptors (Lipinski definition) is 6. The first kappa shape index (κ1) is 25.3. The average Bonchev–Trinajstić information content (AvgIpc) is 3.29. The fourth-order valence-corrected chi connectivity index (χ4v) is 4.12. The van der Waals surface area contributed by atoms with Gasteiger partial charge < -0.3 is 25.5 Å². The molecule has 1 aromatic heterocycles. The molecule has 2 aromatic carbocycles. The number of nitrogens with zero attached hydrogens (tertiary/aromatic N) is 5. The van der Waals surface area contributed by atoms with Crippen molar-refractivity contribution in [3.05, 3.63) is 72.1 Å². The molecule has 2 unspecified atom stereocenters. The lowest BCUT2D eigenvalue weighted by molar-refractivity contribution is -0.0262. The van der Waals surface area contributed by atoms with Crippen LogP contribution in [0.25, 0.3) is 5.69 Å². The van der Waals surface area contributed by atoms with Crippen LogP contribution >= 0.6 is 0 Å². The molecule has 0 amide bonds. The van der Waals surface area contributed by atoms with Crippen LogP contribution in [0.3, 0.4) is 0 Å². The molecule has 2 atom stereocenters. The summed E-state index contributed by atoms with van der Waals surface area (Å²) in [5.41, 5.74) is 9.52. The van der Waals surface area contributed by atoms with Crippen LogP contribution in [0, 0.1) is 18.7 Å². The maximum absolute atomic E-state index is 13.5. The van der Waals surface area contributed by atoms with Crippen molar-refractivity contribution in [2.45, 2.75) is 33.0 Å². The van der Waals surface area contributed by atoms with E-state index in [1.165, 1.54) is 12.1 Å². The standard InChI is InChI=1S/C26H32FN7O2/c1-16(2)25(35)33-13-21(18-5-7-19(27)8-6-18)31-24(14-33)32-26(28)30-20-9-10-22(23(11-20)36-4)34-12-17(3)29-15-34/h5-12,15-16,21,25,35H,13-14H2,1-4H3,(H3,28,30,31,32). The Kier molecular flexibility index (Phi) is 7.66. The number of aliphatic hydroxyl groups excluding tert-OH is 1. The van der Waals surface area contributed by atoms with Gasteiger partial charge in [0.2, 0.25) is 0 Å². The molecule has 10 heteroatoms. The summed E-state index contributed by atoms with van der Waals surface area (Å²) < 4.78 is 20.9. The Morgan fingerprint density at radius 1 is 1.25 bits per heavy atom. The Labute approximate surface area is 210 Å². The number of aliphatic imine (C=N–C) groups is 2. The summed E-state index contributed by atoms with van der Waals surface area (Å²) in [4.78, 5) is 15.4. The number of nitrogens with one attached hydrogen (secondary N) is 1. The Morgan fingerprint density at radius 3 is 2.64 bits per heavy atom. The molecule has 0 saturated carbocycles. The number of benzene rings is 2.